The van der Waals surface area contributed by atoms with Gasteiger partial charge in [0, 0.05) is 12.8 Å². The molecule has 0 radical (unpaired) electrons. The monoisotopic (exact) mass is 703 g/mol. The molecule has 2 atom stereocenters. The lowest BCUT2D eigenvalue weighted by molar-refractivity contribution is -0.870. The van der Waals surface area contributed by atoms with Crippen LogP contribution in [-0.4, -0.2) is 74.9 Å². The second kappa shape index (κ2) is 31.5. The highest BCUT2D eigenvalue weighted by atomic mass is 31.2. The molecule has 0 spiro atoms. The molecule has 10 heteroatoms. The summed E-state index contributed by atoms with van der Waals surface area (Å²) < 4.78 is 34.1. The predicted octanol–water partition coefficient (Wildman–Crippen LogP) is 10.0. The van der Waals surface area contributed by atoms with Crippen molar-refractivity contribution in [1.82, 2.24) is 0 Å². The van der Waals surface area contributed by atoms with Crippen LogP contribution in [0.3, 0.4) is 0 Å². The summed E-state index contributed by atoms with van der Waals surface area (Å²) in [6.45, 7) is 4.33. The molecule has 0 saturated heterocycles. The smallest absolute Gasteiger partial charge is 0.462 e. The van der Waals surface area contributed by atoms with E-state index in [-0.39, 0.29) is 32.0 Å². The van der Waals surface area contributed by atoms with E-state index in [4.69, 9.17) is 18.5 Å². The zero-order valence-corrected chi connectivity index (χ0v) is 32.4. The van der Waals surface area contributed by atoms with Crippen molar-refractivity contribution in [2.24, 2.45) is 0 Å². The predicted molar refractivity (Wildman–Crippen MR) is 197 cm³/mol. The fourth-order valence-corrected chi connectivity index (χ4v) is 5.61. The number of hydrogen-bond acceptors (Lipinski definition) is 7. The van der Waals surface area contributed by atoms with E-state index in [0.717, 1.165) is 77.0 Å². The maximum absolute atomic E-state index is 12.6. The van der Waals surface area contributed by atoms with Gasteiger partial charge in [-0.05, 0) is 57.8 Å². The molecular weight excluding hydrogens is 629 g/mol. The van der Waals surface area contributed by atoms with Crippen molar-refractivity contribution in [3.05, 3.63) is 24.3 Å². The van der Waals surface area contributed by atoms with Gasteiger partial charge in [-0.25, -0.2) is 4.57 Å². The van der Waals surface area contributed by atoms with Crippen LogP contribution >= 0.6 is 7.82 Å². The number of unbranched alkanes of at least 4 members (excludes halogenated alkanes) is 16. The number of allylic oxidation sites excluding steroid dienone is 4. The van der Waals surface area contributed by atoms with Gasteiger partial charge in [-0.1, -0.05) is 109 Å². The van der Waals surface area contributed by atoms with Crippen LogP contribution in [-0.2, 0) is 32.7 Å². The number of phosphoric acid groups is 1. The van der Waals surface area contributed by atoms with Crippen LogP contribution in [0.15, 0.2) is 24.3 Å². The van der Waals surface area contributed by atoms with Crippen LogP contribution in [0.2, 0.25) is 0 Å². The molecule has 0 heterocycles. The quantitative estimate of drug-likeness (QED) is 0.0232. The van der Waals surface area contributed by atoms with Crippen LogP contribution in [0, 0.1) is 0 Å². The summed E-state index contributed by atoms with van der Waals surface area (Å²) in [5.74, 6) is -0.822. The molecule has 0 aliphatic heterocycles. The first-order valence-corrected chi connectivity index (χ1v) is 20.6. The van der Waals surface area contributed by atoms with Crippen molar-refractivity contribution in [3.8, 4) is 0 Å². The largest absolute Gasteiger partial charge is 0.472 e. The highest BCUT2D eigenvalue weighted by Gasteiger charge is 2.27. The normalized spacial score (nSPS) is 14.0. The zero-order valence-electron chi connectivity index (χ0n) is 31.5. The Balaban J connectivity index is 4.47. The Kier molecular flexibility index (Phi) is 30.5. The molecule has 0 aromatic heterocycles. The molecule has 0 aromatic carbocycles. The summed E-state index contributed by atoms with van der Waals surface area (Å²) in [5, 5.41) is 0. The number of likely N-dealkylation sites (N-methyl/N-ethyl adjacent to an activating group) is 1. The fourth-order valence-electron chi connectivity index (χ4n) is 4.87. The van der Waals surface area contributed by atoms with Gasteiger partial charge in [-0.2, -0.15) is 0 Å². The maximum atomic E-state index is 12.6. The Morgan fingerprint density at radius 3 is 1.60 bits per heavy atom. The number of quaternary nitrogens is 1. The number of phosphoric ester groups is 1. The molecule has 48 heavy (non-hydrogen) atoms. The summed E-state index contributed by atoms with van der Waals surface area (Å²) in [7, 11) is 1.46. The third-order valence-electron chi connectivity index (χ3n) is 7.95. The van der Waals surface area contributed by atoms with Crippen molar-refractivity contribution in [2.75, 3.05) is 47.5 Å². The molecule has 0 bridgehead atoms. The van der Waals surface area contributed by atoms with E-state index >= 15 is 0 Å². The Labute approximate surface area is 294 Å². The molecule has 1 N–H and O–H groups in total. The van der Waals surface area contributed by atoms with Crippen LogP contribution in [0.25, 0.3) is 0 Å². The Morgan fingerprint density at radius 1 is 0.625 bits per heavy atom. The number of rotatable bonds is 34. The number of esters is 2. The third kappa shape index (κ3) is 34.4. The van der Waals surface area contributed by atoms with Gasteiger partial charge in [0.25, 0.3) is 0 Å². The lowest BCUT2D eigenvalue weighted by atomic mass is 10.1. The SMILES string of the molecule is CCCC/C=C\CCCCCCCC(=O)OC[C@H](COP(=O)(O)OCC[N+](C)(C)C)OC(=O)CCCCCCC/C=C\CCCCCC. The van der Waals surface area contributed by atoms with Gasteiger partial charge in [-0.3, -0.25) is 18.6 Å². The lowest BCUT2D eigenvalue weighted by Gasteiger charge is -2.24. The van der Waals surface area contributed by atoms with E-state index in [1.165, 1.54) is 44.9 Å². The molecule has 0 rings (SSSR count). The number of ether oxygens (including phenoxy) is 2. The first kappa shape index (κ1) is 46.5. The van der Waals surface area contributed by atoms with Gasteiger partial charge >= 0.3 is 19.8 Å². The number of hydrogen-bond donors (Lipinski definition) is 1. The second-order valence-corrected chi connectivity index (χ2v) is 15.4. The molecular formula is C38H73NO8P+. The maximum Gasteiger partial charge on any atom is 0.472 e. The first-order valence-electron chi connectivity index (χ1n) is 19.1. The van der Waals surface area contributed by atoms with Crippen molar-refractivity contribution >= 4 is 19.8 Å². The Hall–Kier alpha value is -1.51. The minimum atomic E-state index is -4.37. The van der Waals surface area contributed by atoms with Crippen molar-refractivity contribution in [3.63, 3.8) is 0 Å². The average molecular weight is 703 g/mol. The summed E-state index contributed by atoms with van der Waals surface area (Å²) in [5.41, 5.74) is 0. The molecule has 9 nitrogen and oxygen atoms in total. The molecule has 0 aliphatic rings. The third-order valence-corrected chi connectivity index (χ3v) is 8.94. The van der Waals surface area contributed by atoms with E-state index in [2.05, 4.69) is 38.2 Å². The zero-order chi connectivity index (χ0) is 35.8. The van der Waals surface area contributed by atoms with E-state index < -0.39 is 26.5 Å². The van der Waals surface area contributed by atoms with Crippen LogP contribution in [0.4, 0.5) is 0 Å². The molecule has 0 aromatic rings. The average Bonchev–Trinajstić information content (AvgIpc) is 3.02. The van der Waals surface area contributed by atoms with Gasteiger partial charge in [0.15, 0.2) is 6.10 Å². The molecule has 0 aliphatic carbocycles. The van der Waals surface area contributed by atoms with E-state index in [1.54, 1.807) is 0 Å². The van der Waals surface area contributed by atoms with Gasteiger partial charge in [0.05, 0.1) is 27.7 Å². The Bertz CT molecular complexity index is 886. The van der Waals surface area contributed by atoms with Crippen LogP contribution in [0.5, 0.6) is 0 Å². The first-order chi connectivity index (χ1) is 23.0. The van der Waals surface area contributed by atoms with Crippen LogP contribution < -0.4 is 0 Å². The van der Waals surface area contributed by atoms with E-state index in [1.807, 2.05) is 21.1 Å². The van der Waals surface area contributed by atoms with Gasteiger partial charge in [-0.15, -0.1) is 0 Å². The molecule has 282 valence electrons. The molecule has 0 amide bonds. The minimum absolute atomic E-state index is 0.0295. The minimum Gasteiger partial charge on any atom is -0.462 e. The summed E-state index contributed by atoms with van der Waals surface area (Å²) in [6, 6.07) is 0. The molecule has 0 fully saturated rings. The van der Waals surface area contributed by atoms with E-state index in [0.29, 0.717) is 17.4 Å². The lowest BCUT2D eigenvalue weighted by Crippen LogP contribution is -2.37. The summed E-state index contributed by atoms with van der Waals surface area (Å²) in [4.78, 5) is 35.1. The van der Waals surface area contributed by atoms with Crippen LogP contribution in [0.1, 0.15) is 155 Å². The van der Waals surface area contributed by atoms with Gasteiger partial charge < -0.3 is 18.9 Å². The number of carbonyl (C=O) groups excluding carboxylic acids is 2. The second-order valence-electron chi connectivity index (χ2n) is 14.0. The van der Waals surface area contributed by atoms with E-state index in [9.17, 15) is 19.0 Å². The topological polar surface area (TPSA) is 108 Å². The van der Waals surface area contributed by atoms with Crippen molar-refractivity contribution in [2.45, 2.75) is 161 Å². The number of carbonyl (C=O) groups is 2. The highest BCUT2D eigenvalue weighted by Crippen LogP contribution is 2.43. The number of nitrogens with zero attached hydrogens (tertiary/aromatic N) is 1. The summed E-state index contributed by atoms with van der Waals surface area (Å²) in [6.07, 6.45) is 30.8. The van der Waals surface area contributed by atoms with Crippen molar-refractivity contribution in [1.29, 1.82) is 0 Å². The summed E-state index contributed by atoms with van der Waals surface area (Å²) >= 11 is 0. The standard InChI is InChI=1S/C38H72NO8P/c1-6-8-10-12-14-16-18-19-21-23-25-27-29-31-38(41)47-36(35-46-48(42,43)45-33-32-39(3,4)5)34-44-37(40)30-28-26-24-22-20-17-15-13-11-9-7-2/h13,15-16,18,36H,6-12,14,17,19-35H2,1-5H3/p+1/b15-13-,18-16-/t36-/m1/s1. The Morgan fingerprint density at radius 2 is 1.08 bits per heavy atom. The van der Waals surface area contributed by atoms with Gasteiger partial charge in [0.1, 0.15) is 19.8 Å². The fraction of sp³-hybridized carbons (Fsp3) is 0.842. The molecule has 1 unspecified atom stereocenters. The van der Waals surface area contributed by atoms with Crippen molar-refractivity contribution < 1.29 is 42.1 Å². The highest BCUT2D eigenvalue weighted by molar-refractivity contribution is 7.47. The van der Waals surface area contributed by atoms with Gasteiger partial charge in [0.2, 0.25) is 0 Å². The molecule has 0 saturated carbocycles.